The number of amides is 1. The van der Waals surface area contributed by atoms with Crippen LogP contribution in [-0.4, -0.2) is 17.6 Å². The van der Waals surface area contributed by atoms with Crippen LogP contribution in [0.25, 0.3) is 39.2 Å². The van der Waals surface area contributed by atoms with Crippen LogP contribution in [0.5, 0.6) is 5.75 Å². The van der Waals surface area contributed by atoms with Crippen LogP contribution in [-0.2, 0) is 4.79 Å². The molecule has 1 amide bonds. The molecule has 6 heteroatoms. The topological polar surface area (TPSA) is 60.3 Å². The number of furan rings is 1. The van der Waals surface area contributed by atoms with Gasteiger partial charge in [-0.05, 0) is 31.2 Å². The van der Waals surface area contributed by atoms with Crippen molar-refractivity contribution >= 4 is 50.8 Å². The molecule has 2 heterocycles. The summed E-state index contributed by atoms with van der Waals surface area (Å²) in [5.74, 6) is 0.420. The van der Waals surface area contributed by atoms with Gasteiger partial charge < -0.3 is 14.5 Å². The Morgan fingerprint density at radius 3 is 2.71 bits per heavy atom. The van der Waals surface area contributed by atoms with Gasteiger partial charge in [0, 0.05) is 16.8 Å². The third-order valence-corrected chi connectivity index (χ3v) is 5.64. The molecule has 1 N–H and O–H groups in total. The van der Waals surface area contributed by atoms with Crippen molar-refractivity contribution in [3.8, 4) is 5.75 Å². The van der Waals surface area contributed by atoms with E-state index in [-0.39, 0.29) is 5.91 Å². The lowest BCUT2D eigenvalue weighted by atomic mass is 10.1. The van der Waals surface area contributed by atoms with Crippen molar-refractivity contribution < 1.29 is 18.5 Å². The number of benzene rings is 3. The average molecular weight is 412 g/mol. The molecule has 31 heavy (non-hydrogen) atoms. The number of hydrogen-bond acceptors (Lipinski definition) is 3. The molecule has 6 nitrogen and oxygen atoms in total. The van der Waals surface area contributed by atoms with Gasteiger partial charge in [0.2, 0.25) is 6.33 Å². The van der Waals surface area contributed by atoms with Gasteiger partial charge in [-0.3, -0.25) is 4.79 Å². The molecule has 0 saturated heterocycles. The highest BCUT2D eigenvalue weighted by atomic mass is 16.5. The molecule has 0 spiro atoms. The number of nitrogens with one attached hydrogen (secondary N) is 1. The summed E-state index contributed by atoms with van der Waals surface area (Å²) in [6, 6.07) is 19.0. The van der Waals surface area contributed by atoms with E-state index >= 15 is 0 Å². The number of nitrogens with zero attached hydrogens (tertiary/aromatic N) is 2. The first-order valence-corrected chi connectivity index (χ1v) is 10.0. The van der Waals surface area contributed by atoms with E-state index in [0.717, 1.165) is 27.4 Å². The van der Waals surface area contributed by atoms with Crippen LogP contribution in [0, 0.1) is 0 Å². The number of hydrogen-bond donors (Lipinski definition) is 1. The highest BCUT2D eigenvalue weighted by molar-refractivity contribution is 6.07. The number of rotatable bonds is 5. The van der Waals surface area contributed by atoms with Crippen LogP contribution in [0.4, 0.5) is 5.69 Å². The molecular formula is C25H22N3O3+. The van der Waals surface area contributed by atoms with E-state index in [1.807, 2.05) is 83.0 Å². The number of carbonyl (C=O) groups is 1. The fraction of sp³-hybridized carbons (Fsp3) is 0.120. The Labute approximate surface area is 179 Å². The zero-order chi connectivity index (χ0) is 21.5. The molecule has 0 aliphatic rings. The third-order valence-electron chi connectivity index (χ3n) is 5.64. The molecule has 0 aliphatic carbocycles. The molecule has 5 rings (SSSR count). The highest BCUT2D eigenvalue weighted by Crippen LogP contribution is 2.36. The molecule has 154 valence electrons. The van der Waals surface area contributed by atoms with Crippen molar-refractivity contribution in [1.29, 1.82) is 0 Å². The van der Waals surface area contributed by atoms with E-state index in [4.69, 9.17) is 9.15 Å². The first-order chi connectivity index (χ1) is 15.1. The van der Waals surface area contributed by atoms with Crippen LogP contribution in [0.1, 0.15) is 13.0 Å². The number of ether oxygens (including phenoxy) is 1. The number of aromatic nitrogens is 2. The van der Waals surface area contributed by atoms with Crippen molar-refractivity contribution in [2.45, 2.75) is 13.0 Å². The molecule has 0 aliphatic heterocycles. The van der Waals surface area contributed by atoms with Crippen molar-refractivity contribution in [2.24, 2.45) is 0 Å². The lowest BCUT2D eigenvalue weighted by Crippen LogP contribution is -2.43. The van der Waals surface area contributed by atoms with E-state index in [9.17, 15) is 4.79 Å². The van der Waals surface area contributed by atoms with Gasteiger partial charge in [-0.1, -0.05) is 36.9 Å². The predicted octanol–water partition coefficient (Wildman–Crippen LogP) is 5.14. The molecule has 3 aromatic carbocycles. The molecule has 1 atom stereocenters. The minimum absolute atomic E-state index is 0.161. The Kier molecular flexibility index (Phi) is 4.47. The summed E-state index contributed by atoms with van der Waals surface area (Å²) in [6.45, 7) is 5.72. The lowest BCUT2D eigenvalue weighted by Gasteiger charge is -2.13. The number of anilines is 1. The number of fused-ring (bicyclic) bond motifs is 4. The summed E-state index contributed by atoms with van der Waals surface area (Å²) in [4.78, 5) is 13.2. The second-order valence-electron chi connectivity index (χ2n) is 7.41. The maximum absolute atomic E-state index is 13.2. The van der Waals surface area contributed by atoms with Crippen LogP contribution in [0.3, 0.4) is 0 Å². The minimum atomic E-state index is -0.456. The van der Waals surface area contributed by atoms with Crippen LogP contribution in [0.2, 0.25) is 0 Å². The van der Waals surface area contributed by atoms with Crippen LogP contribution in [0.15, 0.2) is 78.0 Å². The summed E-state index contributed by atoms with van der Waals surface area (Å²) in [5.41, 5.74) is 3.99. The summed E-state index contributed by atoms with van der Waals surface area (Å²) in [6.07, 6.45) is 3.60. The van der Waals surface area contributed by atoms with E-state index in [2.05, 4.69) is 11.9 Å². The maximum Gasteiger partial charge on any atom is 0.269 e. The van der Waals surface area contributed by atoms with E-state index in [1.54, 1.807) is 13.3 Å². The average Bonchev–Trinajstić information content (AvgIpc) is 3.35. The largest absolute Gasteiger partial charge is 0.495 e. The quantitative estimate of drug-likeness (QED) is 0.407. The Balaban J connectivity index is 1.53. The van der Waals surface area contributed by atoms with Crippen LogP contribution >= 0.6 is 0 Å². The zero-order valence-electron chi connectivity index (χ0n) is 17.3. The number of imidazole rings is 1. The molecule has 0 fully saturated rings. The Morgan fingerprint density at radius 2 is 1.90 bits per heavy atom. The fourth-order valence-corrected chi connectivity index (χ4v) is 3.99. The second-order valence-corrected chi connectivity index (χ2v) is 7.41. The summed E-state index contributed by atoms with van der Waals surface area (Å²) in [5, 5.41) is 4.96. The molecule has 0 saturated carbocycles. The van der Waals surface area contributed by atoms with Gasteiger partial charge in [-0.15, -0.1) is 0 Å². The smallest absolute Gasteiger partial charge is 0.269 e. The standard InChI is InChI=1S/C25H21N3O3/c1-4-27-15-28(21-11-7-6-10-20(21)27)16(2)25(29)26-19-14-23-18(13-24(19)30-3)17-9-5-8-12-22(17)31-23/h4-16H,1H2,2-3H3/p+1/t16-/m0/s1. The van der Waals surface area contributed by atoms with Gasteiger partial charge in [0.25, 0.3) is 5.91 Å². The first-order valence-electron chi connectivity index (χ1n) is 10.0. The van der Waals surface area contributed by atoms with Gasteiger partial charge in [0.1, 0.15) is 16.9 Å². The van der Waals surface area contributed by atoms with Gasteiger partial charge in [0.05, 0.1) is 19.0 Å². The van der Waals surface area contributed by atoms with Gasteiger partial charge in [-0.25, -0.2) is 9.13 Å². The number of carbonyl (C=O) groups excluding carboxylic acids is 1. The molecule has 2 aromatic heterocycles. The van der Waals surface area contributed by atoms with Crippen molar-refractivity contribution in [3.63, 3.8) is 0 Å². The highest BCUT2D eigenvalue weighted by Gasteiger charge is 2.26. The summed E-state index contributed by atoms with van der Waals surface area (Å²) in [7, 11) is 1.59. The van der Waals surface area contributed by atoms with E-state index < -0.39 is 6.04 Å². The van der Waals surface area contributed by atoms with Crippen molar-refractivity contribution in [2.75, 3.05) is 12.4 Å². The van der Waals surface area contributed by atoms with E-state index in [0.29, 0.717) is 17.0 Å². The van der Waals surface area contributed by atoms with Gasteiger partial charge in [-0.2, -0.15) is 0 Å². The minimum Gasteiger partial charge on any atom is -0.495 e. The fourth-order valence-electron chi connectivity index (χ4n) is 3.99. The van der Waals surface area contributed by atoms with E-state index in [1.165, 1.54) is 0 Å². The first kappa shape index (κ1) is 18.9. The Morgan fingerprint density at radius 1 is 1.13 bits per heavy atom. The van der Waals surface area contributed by atoms with Gasteiger partial charge in [0.15, 0.2) is 17.1 Å². The predicted molar refractivity (Wildman–Crippen MR) is 122 cm³/mol. The molecule has 0 bridgehead atoms. The molecule has 5 aromatic rings. The summed E-state index contributed by atoms with van der Waals surface area (Å²) >= 11 is 0. The monoisotopic (exact) mass is 412 g/mol. The van der Waals surface area contributed by atoms with Gasteiger partial charge >= 0.3 is 0 Å². The third kappa shape index (κ3) is 3.04. The molecule has 0 radical (unpaired) electrons. The Hall–Kier alpha value is -4.06. The van der Waals surface area contributed by atoms with Crippen molar-refractivity contribution in [1.82, 2.24) is 4.57 Å². The summed E-state index contributed by atoms with van der Waals surface area (Å²) < 4.78 is 15.4. The zero-order valence-corrected chi connectivity index (χ0v) is 17.3. The number of para-hydroxylation sites is 3. The Bertz CT molecular complexity index is 1460. The second kappa shape index (κ2) is 7.32. The lowest BCUT2D eigenvalue weighted by molar-refractivity contribution is -0.680. The molecular weight excluding hydrogens is 390 g/mol. The van der Waals surface area contributed by atoms with Crippen LogP contribution < -0.4 is 14.6 Å². The maximum atomic E-state index is 13.2. The normalized spacial score (nSPS) is 12.3. The SMILES string of the molecule is C=Cn1c[n+]([C@@H](C)C(=O)Nc2cc3oc4ccccc4c3cc2OC)c2ccccc21. The number of methoxy groups -OCH3 is 1. The van der Waals surface area contributed by atoms with Crippen molar-refractivity contribution in [3.05, 3.63) is 73.6 Å². The molecule has 0 unspecified atom stereocenters.